The number of nitrogens with zero attached hydrogens (tertiary/aromatic N) is 4. The largest absolute Gasteiger partial charge is 0.337 e. The van der Waals surface area contributed by atoms with E-state index in [4.69, 9.17) is 10.7 Å². The lowest BCUT2D eigenvalue weighted by atomic mass is 9.99. The molecule has 3 fully saturated rings. The highest BCUT2D eigenvalue weighted by atomic mass is 32.1. The summed E-state index contributed by atoms with van der Waals surface area (Å²) in [6, 6.07) is 5.84. The molecular formula is C29H33N5O3S. The van der Waals surface area contributed by atoms with Crippen LogP contribution in [0, 0.1) is 24.2 Å². The molecule has 5 heterocycles. The van der Waals surface area contributed by atoms with Crippen LogP contribution in [0.5, 0.6) is 0 Å². The van der Waals surface area contributed by atoms with Gasteiger partial charge in [-0.05, 0) is 55.9 Å². The second kappa shape index (κ2) is 8.41. The smallest absolute Gasteiger partial charge is 0.256 e. The first-order valence-electron chi connectivity index (χ1n) is 13.2. The number of aryl methyl sites for hydroxylation is 2. The molecule has 2 saturated heterocycles. The zero-order chi connectivity index (χ0) is 27.1. The van der Waals surface area contributed by atoms with Crippen molar-refractivity contribution in [2.24, 2.45) is 23.0 Å². The Kier molecular flexibility index (Phi) is 5.56. The number of rotatable bonds is 5. The molecule has 2 N–H and O–H groups in total. The molecule has 3 atom stereocenters. The first kappa shape index (κ1) is 25.1. The Morgan fingerprint density at radius 1 is 1.18 bits per heavy atom. The van der Waals surface area contributed by atoms with Gasteiger partial charge in [-0.1, -0.05) is 20.8 Å². The predicted molar refractivity (Wildman–Crippen MR) is 146 cm³/mol. The SMILES string of the molecule is CCc1cc(C)c(C(=O)N2CCC(C)(N)C2)c(-c2ccnc3cc(CN4C(=O)C5C(C4=O)C5(C)C)sc23)n1. The maximum absolute atomic E-state index is 13.8. The third kappa shape index (κ3) is 3.78. The second-order valence-electron chi connectivity index (χ2n) is 12.0. The number of hydrogen-bond acceptors (Lipinski definition) is 7. The molecular weight excluding hydrogens is 498 g/mol. The van der Waals surface area contributed by atoms with Crippen molar-refractivity contribution in [2.75, 3.05) is 13.1 Å². The fraction of sp³-hybridized carbons (Fsp3) is 0.483. The zero-order valence-electron chi connectivity index (χ0n) is 22.5. The molecule has 1 saturated carbocycles. The highest BCUT2D eigenvalue weighted by Gasteiger charge is 2.72. The minimum Gasteiger partial charge on any atom is -0.337 e. The summed E-state index contributed by atoms with van der Waals surface area (Å²) in [4.78, 5) is 53.3. The first-order chi connectivity index (χ1) is 17.9. The minimum atomic E-state index is -0.395. The number of hydrogen-bond donors (Lipinski definition) is 1. The van der Waals surface area contributed by atoms with Gasteiger partial charge in [0.25, 0.3) is 5.91 Å². The van der Waals surface area contributed by atoms with Gasteiger partial charge in [0.15, 0.2) is 0 Å². The number of imide groups is 1. The summed E-state index contributed by atoms with van der Waals surface area (Å²) in [6.07, 6.45) is 3.23. The standard InChI is InChI=1S/C29H33N5O3S/c1-6-16-11-15(2)20(25(35)33-10-8-29(5,30)14-33)23(32-16)18-7-9-31-19-12-17(38-24(18)19)13-34-26(36)21-22(27(34)37)28(21,3)4/h7,9,11-12,21-22H,6,8,10,13-14,30H2,1-5H3. The number of amides is 3. The molecule has 3 unspecified atom stereocenters. The molecule has 0 bridgehead atoms. The third-order valence-corrected chi connectivity index (χ3v) is 9.70. The summed E-state index contributed by atoms with van der Waals surface area (Å²) < 4.78 is 0.895. The van der Waals surface area contributed by atoms with Gasteiger partial charge in [0.1, 0.15) is 0 Å². The van der Waals surface area contributed by atoms with Gasteiger partial charge in [-0.3, -0.25) is 29.3 Å². The second-order valence-corrected chi connectivity index (χ2v) is 13.1. The predicted octanol–water partition coefficient (Wildman–Crippen LogP) is 3.93. The lowest BCUT2D eigenvalue weighted by Gasteiger charge is -2.22. The maximum atomic E-state index is 13.8. The van der Waals surface area contributed by atoms with Gasteiger partial charge >= 0.3 is 0 Å². The van der Waals surface area contributed by atoms with Crippen LogP contribution in [-0.2, 0) is 22.6 Å². The fourth-order valence-electron chi connectivity index (χ4n) is 6.27. The van der Waals surface area contributed by atoms with E-state index < -0.39 is 5.54 Å². The monoisotopic (exact) mass is 531 g/mol. The van der Waals surface area contributed by atoms with E-state index in [-0.39, 0.29) is 41.5 Å². The fourth-order valence-corrected chi connectivity index (χ4v) is 7.39. The molecule has 3 aromatic rings. The number of fused-ring (bicyclic) bond motifs is 2. The number of carbonyl (C=O) groups is 3. The van der Waals surface area contributed by atoms with E-state index in [1.165, 1.54) is 16.2 Å². The Morgan fingerprint density at radius 2 is 1.89 bits per heavy atom. The van der Waals surface area contributed by atoms with Crippen molar-refractivity contribution in [3.8, 4) is 11.3 Å². The lowest BCUT2D eigenvalue weighted by molar-refractivity contribution is -0.143. The molecule has 9 heteroatoms. The molecule has 0 spiro atoms. The molecule has 8 nitrogen and oxygen atoms in total. The summed E-state index contributed by atoms with van der Waals surface area (Å²) in [5.41, 5.74) is 10.4. The summed E-state index contributed by atoms with van der Waals surface area (Å²) in [7, 11) is 0. The molecule has 38 heavy (non-hydrogen) atoms. The number of likely N-dealkylation sites (tertiary alicyclic amines) is 2. The number of nitrogens with two attached hydrogens (primary N) is 1. The number of piperidine rings is 1. The van der Waals surface area contributed by atoms with Crippen molar-refractivity contribution in [3.05, 3.63) is 46.1 Å². The summed E-state index contributed by atoms with van der Waals surface area (Å²) >= 11 is 1.50. The van der Waals surface area contributed by atoms with Crippen LogP contribution in [-0.4, -0.2) is 56.1 Å². The van der Waals surface area contributed by atoms with Crippen LogP contribution in [0.4, 0.5) is 0 Å². The van der Waals surface area contributed by atoms with Gasteiger partial charge in [-0.15, -0.1) is 11.3 Å². The molecule has 3 aliphatic rings. The Hall–Kier alpha value is -3.17. The van der Waals surface area contributed by atoms with Crippen LogP contribution in [0.25, 0.3) is 21.5 Å². The van der Waals surface area contributed by atoms with Gasteiger partial charge in [0.2, 0.25) is 11.8 Å². The highest BCUT2D eigenvalue weighted by molar-refractivity contribution is 7.19. The summed E-state index contributed by atoms with van der Waals surface area (Å²) in [5, 5.41) is 0. The number of carbonyl (C=O) groups excluding carboxylic acids is 3. The highest BCUT2D eigenvalue weighted by Crippen LogP contribution is 2.63. The van der Waals surface area contributed by atoms with Crippen molar-refractivity contribution in [3.63, 3.8) is 0 Å². The number of pyridine rings is 2. The van der Waals surface area contributed by atoms with Crippen molar-refractivity contribution in [1.29, 1.82) is 0 Å². The van der Waals surface area contributed by atoms with Crippen molar-refractivity contribution < 1.29 is 14.4 Å². The average molecular weight is 532 g/mol. The molecule has 198 valence electrons. The Labute approximate surface area is 226 Å². The van der Waals surface area contributed by atoms with Crippen LogP contribution < -0.4 is 5.73 Å². The Balaban J connectivity index is 1.39. The topological polar surface area (TPSA) is 109 Å². The van der Waals surface area contributed by atoms with Gasteiger partial charge in [-0.2, -0.15) is 0 Å². The number of aromatic nitrogens is 2. The molecule has 6 rings (SSSR count). The Bertz CT molecular complexity index is 1500. The van der Waals surface area contributed by atoms with E-state index in [1.54, 1.807) is 6.20 Å². The molecule has 0 aromatic carbocycles. The maximum Gasteiger partial charge on any atom is 0.256 e. The molecule has 2 aliphatic heterocycles. The van der Waals surface area contributed by atoms with Gasteiger partial charge in [0.05, 0.1) is 39.9 Å². The third-order valence-electron chi connectivity index (χ3n) is 8.56. The molecule has 0 radical (unpaired) electrons. The van der Waals surface area contributed by atoms with Gasteiger partial charge in [0, 0.05) is 41.0 Å². The van der Waals surface area contributed by atoms with E-state index in [9.17, 15) is 14.4 Å². The average Bonchev–Trinajstić information content (AvgIpc) is 3.20. The van der Waals surface area contributed by atoms with Crippen LogP contribution in [0.3, 0.4) is 0 Å². The van der Waals surface area contributed by atoms with E-state index in [0.29, 0.717) is 24.3 Å². The molecule has 1 aliphatic carbocycles. The van der Waals surface area contributed by atoms with Crippen LogP contribution >= 0.6 is 11.3 Å². The van der Waals surface area contributed by atoms with Crippen LogP contribution in [0.1, 0.15) is 60.6 Å². The van der Waals surface area contributed by atoms with E-state index in [1.807, 2.05) is 50.8 Å². The zero-order valence-corrected chi connectivity index (χ0v) is 23.3. The van der Waals surface area contributed by atoms with Crippen molar-refractivity contribution in [2.45, 2.75) is 59.5 Å². The Morgan fingerprint density at radius 3 is 2.53 bits per heavy atom. The quantitative estimate of drug-likeness (QED) is 0.500. The van der Waals surface area contributed by atoms with Gasteiger partial charge in [-0.25, -0.2) is 0 Å². The molecule has 3 amide bonds. The summed E-state index contributed by atoms with van der Waals surface area (Å²) in [6.45, 7) is 11.3. The number of thiophene rings is 1. The minimum absolute atomic E-state index is 0.0568. The van der Waals surface area contributed by atoms with Crippen molar-refractivity contribution in [1.82, 2.24) is 19.8 Å². The lowest BCUT2D eigenvalue weighted by Crippen LogP contribution is -2.41. The summed E-state index contributed by atoms with van der Waals surface area (Å²) in [5.74, 6) is -0.602. The first-order valence-corrected chi connectivity index (χ1v) is 14.1. The van der Waals surface area contributed by atoms with Crippen LogP contribution in [0.2, 0.25) is 0 Å². The molecule has 3 aromatic heterocycles. The normalized spacial score (nSPS) is 25.9. The van der Waals surface area contributed by atoms with E-state index in [2.05, 4.69) is 11.9 Å². The van der Waals surface area contributed by atoms with Gasteiger partial charge < -0.3 is 10.6 Å². The van der Waals surface area contributed by atoms with Crippen LogP contribution in [0.15, 0.2) is 24.4 Å². The van der Waals surface area contributed by atoms with E-state index in [0.717, 1.165) is 44.8 Å². The van der Waals surface area contributed by atoms with Crippen molar-refractivity contribution >= 4 is 39.3 Å². The van der Waals surface area contributed by atoms with E-state index >= 15 is 0 Å².